The largest absolute Gasteiger partial charge is 0.449 e. The van der Waals surface area contributed by atoms with E-state index in [2.05, 4.69) is 5.32 Å². The highest BCUT2D eigenvalue weighted by molar-refractivity contribution is 7.89. The van der Waals surface area contributed by atoms with E-state index in [1.165, 1.54) is 29.4 Å². The molecule has 0 aromatic heterocycles. The molecule has 7 nitrogen and oxygen atoms in total. The standard InChI is InChI=1S/C19H25ClN2O5S/c1-13(18(23)21-14-6-2-3-7-14)27-19(24)16-12-15(8-9-17(16)20)28(25,26)22-10-4-5-11-22/h8-9,12-14H,2-7,10-11H2,1H3,(H,21,23). The lowest BCUT2D eigenvalue weighted by Crippen LogP contribution is -2.40. The van der Waals surface area contributed by atoms with Crippen LogP contribution in [-0.4, -0.2) is 49.8 Å². The molecular weight excluding hydrogens is 404 g/mol. The highest BCUT2D eigenvalue weighted by atomic mass is 35.5. The van der Waals surface area contributed by atoms with Crippen molar-refractivity contribution in [2.45, 2.75) is 62.5 Å². The van der Waals surface area contributed by atoms with E-state index in [1.54, 1.807) is 0 Å². The molecule has 28 heavy (non-hydrogen) atoms. The maximum Gasteiger partial charge on any atom is 0.340 e. The number of esters is 1. The number of sulfonamides is 1. The van der Waals surface area contributed by atoms with Crippen molar-refractivity contribution in [1.82, 2.24) is 9.62 Å². The Morgan fingerprint density at radius 2 is 1.82 bits per heavy atom. The number of amides is 1. The van der Waals surface area contributed by atoms with Gasteiger partial charge >= 0.3 is 5.97 Å². The van der Waals surface area contributed by atoms with E-state index in [4.69, 9.17) is 16.3 Å². The van der Waals surface area contributed by atoms with Crippen LogP contribution in [0.3, 0.4) is 0 Å². The first-order chi connectivity index (χ1) is 13.3. The Morgan fingerprint density at radius 1 is 1.18 bits per heavy atom. The molecule has 1 heterocycles. The summed E-state index contributed by atoms with van der Waals surface area (Å²) >= 11 is 6.09. The number of carbonyl (C=O) groups is 2. The highest BCUT2D eigenvalue weighted by Crippen LogP contribution is 2.26. The summed E-state index contributed by atoms with van der Waals surface area (Å²) in [4.78, 5) is 24.7. The van der Waals surface area contributed by atoms with Crippen molar-refractivity contribution in [2.24, 2.45) is 0 Å². The average molecular weight is 429 g/mol. The van der Waals surface area contributed by atoms with E-state index in [-0.39, 0.29) is 27.4 Å². The second kappa shape index (κ2) is 8.80. The maximum absolute atomic E-state index is 12.7. The number of halogens is 1. The summed E-state index contributed by atoms with van der Waals surface area (Å²) in [7, 11) is -3.68. The number of ether oxygens (including phenoxy) is 1. The molecule has 1 aromatic carbocycles. The van der Waals surface area contributed by atoms with Crippen LogP contribution >= 0.6 is 11.6 Å². The van der Waals surface area contributed by atoms with Gasteiger partial charge in [-0.2, -0.15) is 4.31 Å². The summed E-state index contributed by atoms with van der Waals surface area (Å²) in [6, 6.07) is 4.08. The van der Waals surface area contributed by atoms with Gasteiger partial charge in [0.15, 0.2) is 6.10 Å². The molecule has 3 rings (SSSR count). The van der Waals surface area contributed by atoms with Crippen LogP contribution in [-0.2, 0) is 19.6 Å². The van der Waals surface area contributed by atoms with E-state index >= 15 is 0 Å². The Balaban J connectivity index is 1.71. The number of carbonyl (C=O) groups excluding carboxylic acids is 2. The lowest BCUT2D eigenvalue weighted by atomic mass is 10.2. The van der Waals surface area contributed by atoms with Gasteiger partial charge in [0.05, 0.1) is 15.5 Å². The van der Waals surface area contributed by atoms with Crippen LogP contribution in [0.5, 0.6) is 0 Å². The van der Waals surface area contributed by atoms with Crippen LogP contribution in [0.1, 0.15) is 55.8 Å². The Bertz CT molecular complexity index is 846. The molecule has 2 fully saturated rings. The summed E-state index contributed by atoms with van der Waals surface area (Å²) < 4.78 is 32.1. The van der Waals surface area contributed by atoms with Gasteiger partial charge in [0.2, 0.25) is 10.0 Å². The van der Waals surface area contributed by atoms with Crippen LogP contribution in [0.25, 0.3) is 0 Å². The zero-order chi connectivity index (χ0) is 20.3. The fraction of sp³-hybridized carbons (Fsp3) is 0.579. The quantitative estimate of drug-likeness (QED) is 0.703. The average Bonchev–Trinajstić information content (AvgIpc) is 3.35. The predicted molar refractivity (Wildman–Crippen MR) is 105 cm³/mol. The lowest BCUT2D eigenvalue weighted by molar-refractivity contribution is -0.129. The van der Waals surface area contributed by atoms with Crippen LogP contribution in [0.2, 0.25) is 5.02 Å². The Labute approximate surface area is 170 Å². The van der Waals surface area contributed by atoms with E-state index in [1.807, 2.05) is 0 Å². The lowest BCUT2D eigenvalue weighted by Gasteiger charge is -2.18. The summed E-state index contributed by atoms with van der Waals surface area (Å²) in [6.07, 6.45) is 4.64. The molecule has 1 aliphatic carbocycles. The third-order valence-electron chi connectivity index (χ3n) is 5.22. The molecule has 0 radical (unpaired) electrons. The van der Waals surface area contributed by atoms with Crippen molar-refractivity contribution < 1.29 is 22.7 Å². The second-order valence-electron chi connectivity index (χ2n) is 7.29. The van der Waals surface area contributed by atoms with Gasteiger partial charge < -0.3 is 10.1 Å². The van der Waals surface area contributed by atoms with Crippen molar-refractivity contribution in [2.75, 3.05) is 13.1 Å². The van der Waals surface area contributed by atoms with Gasteiger partial charge in [0.1, 0.15) is 0 Å². The van der Waals surface area contributed by atoms with Crippen molar-refractivity contribution in [1.29, 1.82) is 0 Å². The molecule has 1 aromatic rings. The Morgan fingerprint density at radius 3 is 2.46 bits per heavy atom. The van der Waals surface area contributed by atoms with Gasteiger partial charge in [0, 0.05) is 19.1 Å². The first-order valence-corrected chi connectivity index (χ1v) is 11.4. The summed E-state index contributed by atoms with van der Waals surface area (Å²) in [5.74, 6) is -1.19. The van der Waals surface area contributed by atoms with Crippen LogP contribution in [0.15, 0.2) is 23.1 Å². The first kappa shape index (κ1) is 21.1. The third kappa shape index (κ3) is 4.67. The predicted octanol–water partition coefficient (Wildman–Crippen LogP) is 2.73. The molecular formula is C19H25ClN2O5S. The fourth-order valence-electron chi connectivity index (χ4n) is 3.57. The zero-order valence-corrected chi connectivity index (χ0v) is 17.4. The van der Waals surface area contributed by atoms with Crippen LogP contribution in [0, 0.1) is 0 Å². The minimum atomic E-state index is -3.68. The van der Waals surface area contributed by atoms with Crippen molar-refractivity contribution in [3.8, 4) is 0 Å². The van der Waals surface area contributed by atoms with Gasteiger partial charge in [-0.1, -0.05) is 24.4 Å². The van der Waals surface area contributed by atoms with Crippen molar-refractivity contribution in [3.05, 3.63) is 28.8 Å². The minimum Gasteiger partial charge on any atom is -0.449 e. The van der Waals surface area contributed by atoms with Crippen molar-refractivity contribution >= 4 is 33.5 Å². The number of hydrogen-bond donors (Lipinski definition) is 1. The van der Waals surface area contributed by atoms with Gasteiger partial charge in [-0.3, -0.25) is 4.79 Å². The molecule has 1 amide bonds. The highest BCUT2D eigenvalue weighted by Gasteiger charge is 2.29. The van der Waals surface area contributed by atoms with E-state index in [9.17, 15) is 18.0 Å². The van der Waals surface area contributed by atoms with Crippen LogP contribution in [0.4, 0.5) is 0 Å². The first-order valence-electron chi connectivity index (χ1n) is 9.60. The molecule has 9 heteroatoms. The van der Waals surface area contributed by atoms with Crippen LogP contribution < -0.4 is 5.32 Å². The third-order valence-corrected chi connectivity index (χ3v) is 7.44. The Hall–Kier alpha value is -1.64. The molecule has 154 valence electrons. The molecule has 0 bridgehead atoms. The zero-order valence-electron chi connectivity index (χ0n) is 15.8. The molecule has 0 spiro atoms. The van der Waals surface area contributed by atoms with Gasteiger partial charge in [-0.05, 0) is 50.8 Å². The Kier molecular flexibility index (Phi) is 6.62. The number of nitrogens with zero attached hydrogens (tertiary/aromatic N) is 1. The molecule has 1 atom stereocenters. The monoisotopic (exact) mass is 428 g/mol. The fourth-order valence-corrected chi connectivity index (χ4v) is 5.30. The SMILES string of the molecule is CC(OC(=O)c1cc(S(=O)(=O)N2CCCC2)ccc1Cl)C(=O)NC1CCCC1. The smallest absolute Gasteiger partial charge is 0.340 e. The van der Waals surface area contributed by atoms with Gasteiger partial charge in [0.25, 0.3) is 5.91 Å². The van der Waals surface area contributed by atoms with E-state index < -0.39 is 22.1 Å². The number of hydrogen-bond acceptors (Lipinski definition) is 5. The maximum atomic E-state index is 12.7. The van der Waals surface area contributed by atoms with Gasteiger partial charge in [-0.15, -0.1) is 0 Å². The summed E-state index contributed by atoms with van der Waals surface area (Å²) in [5.41, 5.74) is -0.0672. The molecule has 1 unspecified atom stereocenters. The molecule has 1 saturated carbocycles. The van der Waals surface area contributed by atoms with E-state index in [0.29, 0.717) is 13.1 Å². The summed E-state index contributed by atoms with van der Waals surface area (Å²) in [5, 5.41) is 2.95. The normalized spacial score (nSPS) is 19.5. The second-order valence-corrected chi connectivity index (χ2v) is 9.64. The summed E-state index contributed by atoms with van der Waals surface area (Å²) in [6.45, 7) is 2.41. The molecule has 2 aliphatic rings. The molecule has 1 aliphatic heterocycles. The number of rotatable bonds is 6. The number of nitrogens with one attached hydrogen (secondary N) is 1. The topological polar surface area (TPSA) is 92.8 Å². The minimum absolute atomic E-state index is 0.00573. The van der Waals surface area contributed by atoms with E-state index in [0.717, 1.165) is 38.5 Å². The van der Waals surface area contributed by atoms with Crippen molar-refractivity contribution in [3.63, 3.8) is 0 Å². The molecule has 1 N–H and O–H groups in total. The molecule has 1 saturated heterocycles. The van der Waals surface area contributed by atoms with Gasteiger partial charge in [-0.25, -0.2) is 13.2 Å². The number of benzene rings is 1.